The number of hydrogen-bond donors (Lipinski definition) is 4. The number of likely N-dealkylation sites (tertiary alicyclic amines) is 1. The summed E-state index contributed by atoms with van der Waals surface area (Å²) in [5.41, 5.74) is -1.26. The Hall–Kier alpha value is -1.82. The SMILES string of the molecule is CN(C)c1cccc2c(S(=O)(=O)NCCCCCCN3C[C@@H](O)[C@@H](O)[C@@](F)(CO)C3)cccc12. The van der Waals surface area contributed by atoms with Gasteiger partial charge in [-0.05, 0) is 31.5 Å². The van der Waals surface area contributed by atoms with E-state index in [1.807, 2.05) is 43.3 Å². The minimum Gasteiger partial charge on any atom is -0.393 e. The number of nitrogens with one attached hydrogen (secondary N) is 1. The Balaban J connectivity index is 1.46. The van der Waals surface area contributed by atoms with E-state index in [0.717, 1.165) is 30.3 Å². The third kappa shape index (κ3) is 6.05. The zero-order valence-electron chi connectivity index (χ0n) is 19.8. The topological polar surface area (TPSA) is 113 Å². The van der Waals surface area contributed by atoms with Gasteiger partial charge >= 0.3 is 0 Å². The first-order valence-electron chi connectivity index (χ1n) is 11.7. The van der Waals surface area contributed by atoms with Crippen molar-refractivity contribution < 1.29 is 28.1 Å². The summed E-state index contributed by atoms with van der Waals surface area (Å²) < 4.78 is 43.1. The van der Waals surface area contributed by atoms with E-state index in [4.69, 9.17) is 0 Å². The molecule has 2 aromatic rings. The van der Waals surface area contributed by atoms with Crippen molar-refractivity contribution in [1.29, 1.82) is 0 Å². The summed E-state index contributed by atoms with van der Waals surface area (Å²) in [6.07, 6.45) is 0.200. The number of benzene rings is 2. The lowest BCUT2D eigenvalue weighted by molar-refractivity contribution is -0.149. The van der Waals surface area contributed by atoms with Crippen molar-refractivity contribution in [2.45, 2.75) is 48.5 Å². The van der Waals surface area contributed by atoms with Crippen molar-refractivity contribution in [1.82, 2.24) is 9.62 Å². The normalized spacial score (nSPS) is 23.9. The molecule has 2 aromatic carbocycles. The van der Waals surface area contributed by atoms with Crippen LogP contribution in [0.3, 0.4) is 0 Å². The molecule has 1 aliphatic rings. The van der Waals surface area contributed by atoms with E-state index in [-0.39, 0.29) is 18.0 Å². The Bertz CT molecular complexity index is 1070. The number of aliphatic hydroxyl groups is 3. The lowest BCUT2D eigenvalue weighted by Gasteiger charge is -2.42. The quantitative estimate of drug-likeness (QED) is 0.348. The summed E-state index contributed by atoms with van der Waals surface area (Å²) in [6, 6.07) is 10.9. The van der Waals surface area contributed by atoms with E-state index < -0.39 is 34.5 Å². The van der Waals surface area contributed by atoms with E-state index in [1.54, 1.807) is 17.0 Å². The zero-order chi connectivity index (χ0) is 24.9. The van der Waals surface area contributed by atoms with E-state index >= 15 is 0 Å². The average Bonchev–Trinajstić information content (AvgIpc) is 2.80. The Morgan fingerprint density at radius 2 is 1.76 bits per heavy atom. The first-order valence-corrected chi connectivity index (χ1v) is 13.1. The van der Waals surface area contributed by atoms with Crippen LogP contribution < -0.4 is 9.62 Å². The van der Waals surface area contributed by atoms with Crippen molar-refractivity contribution >= 4 is 26.5 Å². The number of nitrogens with zero attached hydrogens (tertiary/aromatic N) is 2. The van der Waals surface area contributed by atoms with Crippen LogP contribution in [0.1, 0.15) is 25.7 Å². The number of alkyl halides is 1. The number of β-amino-alcohol motifs (C(OH)–C–C–N with tert-alkyl or cyclic N) is 1. The van der Waals surface area contributed by atoms with Gasteiger partial charge in [-0.15, -0.1) is 0 Å². The van der Waals surface area contributed by atoms with E-state index in [9.17, 15) is 28.1 Å². The second kappa shape index (κ2) is 11.3. The van der Waals surface area contributed by atoms with Gasteiger partial charge in [0.25, 0.3) is 0 Å². The standard InChI is InChI=1S/C24H36FN3O5S/c1-27(2)20-11-7-10-19-18(20)9-8-12-22(19)34(32,33)26-13-5-3-4-6-14-28-15-21(30)23(31)24(25,16-28)17-29/h7-12,21,23,26,29-31H,3-6,13-17H2,1-2H3/t21-,23-,24+/m1/s1. The van der Waals surface area contributed by atoms with Crippen LogP contribution in [0.2, 0.25) is 0 Å². The first-order chi connectivity index (χ1) is 16.1. The fraction of sp³-hybridized carbons (Fsp3) is 0.583. The molecule has 4 N–H and O–H groups in total. The van der Waals surface area contributed by atoms with Crippen molar-refractivity contribution in [3.8, 4) is 0 Å². The molecule has 3 rings (SSSR count). The van der Waals surface area contributed by atoms with E-state index in [1.165, 1.54) is 0 Å². The lowest BCUT2D eigenvalue weighted by atomic mass is 9.90. The third-order valence-electron chi connectivity index (χ3n) is 6.41. The average molecular weight is 498 g/mol. The molecule has 8 nitrogen and oxygen atoms in total. The molecule has 190 valence electrons. The van der Waals surface area contributed by atoms with Crippen LogP contribution in [0, 0.1) is 0 Å². The molecule has 0 bridgehead atoms. The number of sulfonamides is 1. The van der Waals surface area contributed by atoms with Crippen LogP contribution in [0.4, 0.5) is 10.1 Å². The Morgan fingerprint density at radius 1 is 1.09 bits per heavy atom. The number of unbranched alkanes of at least 4 members (excludes halogenated alkanes) is 3. The molecular formula is C24H36FN3O5S. The van der Waals surface area contributed by atoms with Crippen molar-refractivity contribution in [2.75, 3.05) is 51.8 Å². The van der Waals surface area contributed by atoms with Gasteiger partial charge in [-0.3, -0.25) is 4.90 Å². The van der Waals surface area contributed by atoms with Gasteiger partial charge in [0, 0.05) is 50.2 Å². The number of anilines is 1. The van der Waals surface area contributed by atoms with Gasteiger partial charge in [-0.25, -0.2) is 17.5 Å². The minimum atomic E-state index is -3.66. The third-order valence-corrected chi connectivity index (χ3v) is 7.93. The smallest absolute Gasteiger partial charge is 0.241 e. The zero-order valence-corrected chi connectivity index (χ0v) is 20.6. The van der Waals surface area contributed by atoms with Gasteiger partial charge in [-0.2, -0.15) is 0 Å². The molecule has 0 spiro atoms. The highest BCUT2D eigenvalue weighted by molar-refractivity contribution is 7.89. The Kier molecular flexibility index (Phi) is 8.88. The Labute approximate surface area is 201 Å². The highest BCUT2D eigenvalue weighted by Crippen LogP contribution is 2.30. The van der Waals surface area contributed by atoms with Gasteiger partial charge in [0.2, 0.25) is 10.0 Å². The predicted octanol–water partition coefficient (Wildman–Crippen LogP) is 1.48. The number of hydrogen-bond acceptors (Lipinski definition) is 7. The molecule has 10 heteroatoms. The van der Waals surface area contributed by atoms with Crippen LogP contribution in [0.25, 0.3) is 10.8 Å². The van der Waals surface area contributed by atoms with Crippen LogP contribution in [-0.2, 0) is 10.0 Å². The lowest BCUT2D eigenvalue weighted by Crippen LogP contribution is -2.62. The fourth-order valence-corrected chi connectivity index (χ4v) is 5.83. The Morgan fingerprint density at radius 3 is 2.47 bits per heavy atom. The summed E-state index contributed by atoms with van der Waals surface area (Å²) in [5, 5.41) is 30.4. The second-order valence-corrected chi connectivity index (χ2v) is 11.0. The predicted molar refractivity (Wildman–Crippen MR) is 131 cm³/mol. The molecule has 0 saturated carbocycles. The number of rotatable bonds is 11. The molecule has 0 aliphatic carbocycles. The number of halogens is 1. The van der Waals surface area contributed by atoms with Crippen molar-refractivity contribution in [3.63, 3.8) is 0 Å². The molecule has 1 aliphatic heterocycles. The van der Waals surface area contributed by atoms with Gasteiger partial charge in [0.15, 0.2) is 5.67 Å². The molecule has 1 saturated heterocycles. The maximum absolute atomic E-state index is 14.5. The molecular weight excluding hydrogens is 461 g/mol. The molecule has 3 atom stereocenters. The maximum atomic E-state index is 14.5. The molecule has 1 heterocycles. The summed E-state index contributed by atoms with van der Waals surface area (Å²) in [5.74, 6) is 0. The molecule has 0 unspecified atom stereocenters. The largest absolute Gasteiger partial charge is 0.393 e. The summed E-state index contributed by atoms with van der Waals surface area (Å²) >= 11 is 0. The van der Waals surface area contributed by atoms with Crippen LogP contribution >= 0.6 is 0 Å². The van der Waals surface area contributed by atoms with Gasteiger partial charge in [0.05, 0.1) is 17.6 Å². The molecule has 34 heavy (non-hydrogen) atoms. The van der Waals surface area contributed by atoms with Gasteiger partial charge in [0.1, 0.15) is 6.10 Å². The van der Waals surface area contributed by atoms with Crippen molar-refractivity contribution in [3.05, 3.63) is 36.4 Å². The second-order valence-electron chi connectivity index (χ2n) is 9.27. The van der Waals surface area contributed by atoms with Gasteiger partial charge in [-0.1, -0.05) is 37.1 Å². The monoisotopic (exact) mass is 497 g/mol. The maximum Gasteiger partial charge on any atom is 0.241 e. The molecule has 0 amide bonds. The van der Waals surface area contributed by atoms with Gasteiger partial charge < -0.3 is 20.2 Å². The van der Waals surface area contributed by atoms with E-state index in [0.29, 0.717) is 24.9 Å². The number of piperidine rings is 1. The van der Waals surface area contributed by atoms with Crippen LogP contribution in [-0.4, -0.2) is 93.4 Å². The molecule has 0 aromatic heterocycles. The molecule has 0 radical (unpaired) electrons. The minimum absolute atomic E-state index is 0.123. The summed E-state index contributed by atoms with van der Waals surface area (Å²) in [4.78, 5) is 3.92. The summed E-state index contributed by atoms with van der Waals surface area (Å²) in [7, 11) is 0.184. The number of fused-ring (bicyclic) bond motifs is 1. The van der Waals surface area contributed by atoms with Crippen molar-refractivity contribution in [2.24, 2.45) is 0 Å². The first kappa shape index (κ1) is 26.8. The fourth-order valence-electron chi connectivity index (χ4n) is 4.54. The highest BCUT2D eigenvalue weighted by atomic mass is 32.2. The highest BCUT2D eigenvalue weighted by Gasteiger charge is 2.47. The number of aliphatic hydroxyl groups excluding tert-OH is 3. The summed E-state index contributed by atoms with van der Waals surface area (Å²) in [6.45, 7) is 0.0501. The van der Waals surface area contributed by atoms with Crippen LogP contribution in [0.15, 0.2) is 41.3 Å². The van der Waals surface area contributed by atoms with Crippen LogP contribution in [0.5, 0.6) is 0 Å². The van der Waals surface area contributed by atoms with E-state index in [2.05, 4.69) is 4.72 Å². The molecule has 1 fully saturated rings.